The summed E-state index contributed by atoms with van der Waals surface area (Å²) in [6.07, 6.45) is -0.894. The third-order valence-corrected chi connectivity index (χ3v) is 16.1. The molecular weight excluding hydrogens is 1200 g/mol. The quantitative estimate of drug-likeness (QED) is 0.0167. The van der Waals surface area contributed by atoms with E-state index in [1.165, 1.54) is 69.4 Å². The molecule has 492 valence electrons. The van der Waals surface area contributed by atoms with Crippen molar-refractivity contribution in [3.63, 3.8) is 0 Å². The fourth-order valence-electron chi connectivity index (χ4n) is 10.9. The second-order valence-corrected chi connectivity index (χ2v) is 23.2. The maximum Gasteiger partial charge on any atom is 0.261 e. The highest BCUT2D eigenvalue weighted by Crippen LogP contribution is 2.32. The van der Waals surface area contributed by atoms with E-state index in [1.54, 1.807) is 6.20 Å². The van der Waals surface area contributed by atoms with Gasteiger partial charge in [-0.15, -0.1) is 10.2 Å². The number of hydrogen-bond donors (Lipinski definition) is 14. The number of aryl methyl sites for hydroxylation is 1. The summed E-state index contributed by atoms with van der Waals surface area (Å²) in [5.41, 5.74) is 6.46. The number of aliphatic hydroxyl groups excluding tert-OH is 6. The van der Waals surface area contributed by atoms with Gasteiger partial charge in [-0.2, -0.15) is 5.10 Å². The highest BCUT2D eigenvalue weighted by molar-refractivity contribution is 7.90. The fraction of sp³-hybridized carbons (Fsp3) is 0.561. The summed E-state index contributed by atoms with van der Waals surface area (Å²) in [5.74, 6) is -10.9. The summed E-state index contributed by atoms with van der Waals surface area (Å²) >= 11 is 0.0557. The van der Waals surface area contributed by atoms with E-state index in [-0.39, 0.29) is 41.0 Å². The molecule has 13 unspecified atom stereocenters. The molecule has 15 N–H and O–H groups in total. The molecule has 0 bridgehead atoms. The van der Waals surface area contributed by atoms with E-state index in [2.05, 4.69) is 58.2 Å². The van der Waals surface area contributed by atoms with Crippen LogP contribution in [0.25, 0.3) is 22.9 Å². The number of unbranched alkanes of at least 4 members (excludes halogenated alkanes) is 7. The third-order valence-electron chi connectivity index (χ3n) is 15.7. The molecule has 13 atom stereocenters. The zero-order chi connectivity index (χ0) is 65.3. The Morgan fingerprint density at radius 3 is 2.12 bits per heavy atom. The molecule has 0 spiro atoms. The number of rotatable bonds is 24. The molecule has 2 aromatic carbocycles. The van der Waals surface area contributed by atoms with Crippen molar-refractivity contribution in [2.75, 3.05) is 19.6 Å². The Balaban J connectivity index is 1.16. The summed E-state index contributed by atoms with van der Waals surface area (Å²) in [6, 6.07) is -2.48. The zero-order valence-electron chi connectivity index (χ0n) is 49.7. The van der Waals surface area contributed by atoms with Gasteiger partial charge < -0.3 is 86.5 Å². The number of primary amides is 1. The number of benzene rings is 2. The molecule has 4 aromatic rings. The van der Waals surface area contributed by atoms with Gasteiger partial charge in [0.25, 0.3) is 24.1 Å². The van der Waals surface area contributed by atoms with E-state index in [1.807, 2.05) is 10.9 Å². The first-order chi connectivity index (χ1) is 43.0. The average Bonchev–Trinajstić information content (AvgIpc) is 1.78. The number of aliphatic hydroxyl groups is 6. The number of fused-ring (bicyclic) bond motifs is 2. The average molecular weight is 1280 g/mol. The van der Waals surface area contributed by atoms with Crippen molar-refractivity contribution in [1.29, 1.82) is 0 Å². The second kappa shape index (κ2) is 32.8. The molecule has 5 heterocycles. The van der Waals surface area contributed by atoms with Gasteiger partial charge in [0, 0.05) is 68.7 Å². The van der Waals surface area contributed by atoms with Crippen molar-refractivity contribution in [1.82, 2.24) is 56.4 Å². The summed E-state index contributed by atoms with van der Waals surface area (Å²) in [6.45, 7) is 3.75. The van der Waals surface area contributed by atoms with Crippen molar-refractivity contribution in [2.24, 2.45) is 11.7 Å². The van der Waals surface area contributed by atoms with Gasteiger partial charge in [-0.05, 0) is 55.3 Å². The summed E-state index contributed by atoms with van der Waals surface area (Å²) < 4.78 is 17.1. The number of hydrogen-bond acceptors (Lipinski definition) is 24. The van der Waals surface area contributed by atoms with Gasteiger partial charge in [-0.1, -0.05) is 74.2 Å². The lowest BCUT2D eigenvalue weighted by molar-refractivity contribution is -0.433. The SMILES string of the molecule is CCCCCCCCCCn1cc(-c2nnc(-c3ccc(C(=O)NC4CC(O)CNC(=O)C5C(O)C(C)CN5C(=O)C(C(O)CC(N)=O)NC(=O)C(C(O)Cc5ccc(O)c(OSOOO)c5)NC(=O)C5CC(O)CN5C(=O)C(C(C)O)NC4=O)cc3)o2)cn1. The Bertz CT molecular complexity index is 3120. The fourth-order valence-corrected chi connectivity index (χ4v) is 11.1. The lowest BCUT2D eigenvalue weighted by Gasteiger charge is -2.33. The molecule has 32 nitrogen and oxygen atoms in total. The lowest BCUT2D eigenvalue weighted by atomic mass is 9.98. The van der Waals surface area contributed by atoms with Crippen molar-refractivity contribution < 1.29 is 97.3 Å². The topological polar surface area (TPSA) is 475 Å². The number of amides is 8. The van der Waals surface area contributed by atoms with E-state index >= 15 is 0 Å². The van der Waals surface area contributed by atoms with E-state index in [0.29, 0.717) is 11.1 Å². The Kier molecular flexibility index (Phi) is 25.3. The van der Waals surface area contributed by atoms with Crippen LogP contribution < -0.4 is 36.5 Å². The van der Waals surface area contributed by atoms with Crippen LogP contribution in [0.2, 0.25) is 0 Å². The number of nitrogens with two attached hydrogens (primary N) is 1. The van der Waals surface area contributed by atoms with E-state index in [4.69, 9.17) is 19.6 Å². The van der Waals surface area contributed by atoms with Gasteiger partial charge in [0.05, 0.1) is 54.8 Å². The molecule has 0 aliphatic carbocycles. The Labute approximate surface area is 520 Å². The van der Waals surface area contributed by atoms with Crippen molar-refractivity contribution in [3.8, 4) is 34.4 Å². The van der Waals surface area contributed by atoms with Crippen LogP contribution in [0.4, 0.5) is 0 Å². The van der Waals surface area contributed by atoms with Crippen molar-refractivity contribution >= 4 is 59.6 Å². The van der Waals surface area contributed by atoms with Crippen LogP contribution in [0.15, 0.2) is 59.3 Å². The smallest absolute Gasteiger partial charge is 0.261 e. The number of β-amino-alcohol motifs (C(OH)–C–C–N with tert-alkyl or cyclic N) is 1. The van der Waals surface area contributed by atoms with Crippen LogP contribution >= 0.6 is 12.3 Å². The second-order valence-electron chi connectivity index (χ2n) is 22.7. The number of aromatic hydroxyl groups is 1. The van der Waals surface area contributed by atoms with Crippen LogP contribution in [0.3, 0.4) is 0 Å². The third kappa shape index (κ3) is 18.4. The molecule has 3 saturated heterocycles. The Morgan fingerprint density at radius 2 is 1.44 bits per heavy atom. The van der Waals surface area contributed by atoms with E-state index < -0.39 is 177 Å². The van der Waals surface area contributed by atoms with Crippen LogP contribution in [0.1, 0.15) is 107 Å². The van der Waals surface area contributed by atoms with Gasteiger partial charge in [0.1, 0.15) is 36.3 Å². The van der Waals surface area contributed by atoms with Gasteiger partial charge in [0.15, 0.2) is 11.5 Å². The lowest BCUT2D eigenvalue weighted by Crippen LogP contribution is -2.64. The zero-order valence-corrected chi connectivity index (χ0v) is 50.5. The Morgan fingerprint density at radius 1 is 0.789 bits per heavy atom. The summed E-state index contributed by atoms with van der Waals surface area (Å²) in [4.78, 5) is 115. The predicted octanol–water partition coefficient (Wildman–Crippen LogP) is -1.37. The van der Waals surface area contributed by atoms with Gasteiger partial charge in [0.2, 0.25) is 47.2 Å². The highest BCUT2D eigenvalue weighted by atomic mass is 32.2. The number of aromatic nitrogens is 4. The van der Waals surface area contributed by atoms with Crippen LogP contribution in [0.5, 0.6) is 11.5 Å². The first-order valence-corrected chi connectivity index (χ1v) is 30.2. The summed E-state index contributed by atoms with van der Waals surface area (Å²) in [5, 5.41) is 115. The van der Waals surface area contributed by atoms with Gasteiger partial charge >= 0.3 is 0 Å². The highest BCUT2D eigenvalue weighted by Gasteiger charge is 2.50. The standard InChI is InChI=1S/C57H78N12O20S/c1-4-5-6-7-8-9-10-11-18-67-27-34(24-60-67)55-66-65-54(86-55)33-15-13-32(14-16-33)49(78)61-37-21-35(71)25-59-53(82)47-48(77)29(2)26-69(47)57(84)46(41(75)23-43(58)76)64-52(81)45(40(74)19-31-12-17-39(73)42(20-31)87-90-89-88-85)63-51(80)38-22-36(72)28-68(38)56(83)44(30(3)70)62-50(37)79/h12-17,20,24,27,29-30,35-38,40-41,44-48,70-75,77,85H,4-11,18-19,21-23,25-26,28H2,1-3H3,(H2,58,76)(H,59,82)(H,61,78)(H,62,79)(H,63,80)(H,64,81). The minimum Gasteiger partial charge on any atom is -0.504 e. The minimum absolute atomic E-state index is 0.0349. The van der Waals surface area contributed by atoms with Gasteiger partial charge in [-0.3, -0.25) is 43.0 Å². The maximum absolute atomic E-state index is 14.7. The molecule has 3 aliphatic heterocycles. The predicted molar refractivity (Wildman–Crippen MR) is 313 cm³/mol. The molecular formula is C57H78N12O20S. The molecule has 33 heteroatoms. The maximum atomic E-state index is 14.7. The number of nitrogens with one attached hydrogen (secondary N) is 5. The first-order valence-electron chi connectivity index (χ1n) is 29.6. The molecule has 90 heavy (non-hydrogen) atoms. The molecule has 7 rings (SSSR count). The summed E-state index contributed by atoms with van der Waals surface area (Å²) in [7, 11) is 0. The molecule has 0 radical (unpaired) electrons. The number of phenolic OH excluding ortho intramolecular Hbond substituents is 1. The molecule has 0 saturated carbocycles. The minimum atomic E-state index is -2.22. The number of carbonyl (C=O) groups is 8. The number of carbonyl (C=O) groups excluding carboxylic acids is 8. The number of nitrogens with zero attached hydrogens (tertiary/aromatic N) is 6. The van der Waals surface area contributed by atoms with Crippen molar-refractivity contribution in [3.05, 3.63) is 66.0 Å². The molecule has 3 aliphatic rings. The van der Waals surface area contributed by atoms with E-state index in [9.17, 15) is 74.1 Å². The van der Waals surface area contributed by atoms with Crippen LogP contribution in [0, 0.1) is 5.92 Å². The van der Waals surface area contributed by atoms with E-state index in [0.717, 1.165) is 54.7 Å². The molecule has 3 fully saturated rings. The molecule has 8 amide bonds. The van der Waals surface area contributed by atoms with Gasteiger partial charge in [-0.25, -0.2) is 5.26 Å². The van der Waals surface area contributed by atoms with Crippen LogP contribution in [-0.4, -0.2) is 211 Å². The normalized spacial score (nSPS) is 25.0. The number of phenols is 1. The Hall–Kier alpha value is -7.86. The monoisotopic (exact) mass is 1280 g/mol. The first kappa shape index (κ1) is 69.6. The van der Waals surface area contributed by atoms with Crippen molar-refractivity contribution in [2.45, 2.75) is 177 Å². The molecule has 2 aromatic heterocycles. The largest absolute Gasteiger partial charge is 0.504 e. The van der Waals surface area contributed by atoms with Crippen LogP contribution in [-0.2, 0) is 55.9 Å².